The van der Waals surface area contributed by atoms with E-state index in [1.807, 2.05) is 12.1 Å². The van der Waals surface area contributed by atoms with Crippen LogP contribution in [0.2, 0.25) is 5.02 Å². The maximum atomic E-state index is 9.03. The van der Waals surface area contributed by atoms with E-state index in [1.54, 1.807) is 30.3 Å². The first-order valence-electron chi connectivity index (χ1n) is 5.03. The number of hydrogen-bond donors (Lipinski definition) is 1. The average Bonchev–Trinajstić information content (AvgIpc) is 2.35. The molecule has 0 unspecified atom stereocenters. The van der Waals surface area contributed by atoms with Crippen LogP contribution in [-0.2, 0) is 0 Å². The fraction of sp³-hybridized carbons (Fsp3) is 0. The number of nitriles is 1. The Bertz CT molecular complexity index is 617. The molecule has 2 aromatic carbocycles. The highest BCUT2D eigenvalue weighted by atomic mass is 79.9. The molecule has 5 heteroatoms. The van der Waals surface area contributed by atoms with Crippen LogP contribution in [0.1, 0.15) is 5.56 Å². The summed E-state index contributed by atoms with van der Waals surface area (Å²) in [6.45, 7) is 0. The van der Waals surface area contributed by atoms with Crippen LogP contribution in [0.15, 0.2) is 40.9 Å². The van der Waals surface area contributed by atoms with Gasteiger partial charge in [-0.1, -0.05) is 17.7 Å². The molecular weight excluding hydrogens is 316 g/mol. The molecule has 0 saturated heterocycles. The second-order valence-electron chi connectivity index (χ2n) is 3.51. The molecule has 2 N–H and O–H groups in total. The van der Waals surface area contributed by atoms with Crippen molar-refractivity contribution in [2.24, 2.45) is 0 Å². The predicted octanol–water partition coefficient (Wildman–Crippen LogP) is 4.35. The summed E-state index contributed by atoms with van der Waals surface area (Å²) in [6.07, 6.45) is 0. The lowest BCUT2D eigenvalue weighted by molar-refractivity contribution is 0.480. The molecule has 0 aliphatic carbocycles. The van der Waals surface area contributed by atoms with Crippen LogP contribution < -0.4 is 10.5 Å². The zero-order valence-electron chi connectivity index (χ0n) is 9.15. The van der Waals surface area contributed by atoms with Crippen molar-refractivity contribution in [3.05, 3.63) is 51.5 Å². The molecule has 0 bridgehead atoms. The summed E-state index contributed by atoms with van der Waals surface area (Å²) in [6, 6.07) is 12.2. The van der Waals surface area contributed by atoms with Gasteiger partial charge < -0.3 is 10.5 Å². The van der Waals surface area contributed by atoms with Gasteiger partial charge in [-0.25, -0.2) is 0 Å². The molecular formula is C13H8BrClN2O. The Labute approximate surface area is 118 Å². The Balaban J connectivity index is 2.44. The van der Waals surface area contributed by atoms with E-state index in [0.717, 1.165) is 4.47 Å². The van der Waals surface area contributed by atoms with Crippen LogP contribution in [-0.4, -0.2) is 0 Å². The van der Waals surface area contributed by atoms with Crippen LogP contribution in [0.3, 0.4) is 0 Å². The number of hydrogen-bond acceptors (Lipinski definition) is 3. The molecule has 0 atom stereocenters. The van der Waals surface area contributed by atoms with Crippen molar-refractivity contribution in [2.45, 2.75) is 0 Å². The normalized spacial score (nSPS) is 9.83. The molecule has 2 aromatic rings. The monoisotopic (exact) mass is 322 g/mol. The lowest BCUT2D eigenvalue weighted by atomic mass is 10.2. The summed E-state index contributed by atoms with van der Waals surface area (Å²) < 4.78 is 6.39. The Kier molecular flexibility index (Phi) is 3.75. The quantitative estimate of drug-likeness (QED) is 0.836. The number of benzene rings is 2. The minimum atomic E-state index is 0.359. The van der Waals surface area contributed by atoms with Crippen LogP contribution >= 0.6 is 27.5 Å². The minimum absolute atomic E-state index is 0.359. The van der Waals surface area contributed by atoms with Crippen LogP contribution in [0.4, 0.5) is 5.69 Å². The summed E-state index contributed by atoms with van der Waals surface area (Å²) in [5.74, 6) is 0.900. The molecule has 0 aromatic heterocycles. The first kappa shape index (κ1) is 12.7. The SMILES string of the molecule is N#Cc1cc(Cl)ccc1Oc1c(N)cccc1Br. The van der Waals surface area contributed by atoms with E-state index in [2.05, 4.69) is 15.9 Å². The molecule has 0 spiro atoms. The highest BCUT2D eigenvalue weighted by molar-refractivity contribution is 9.10. The van der Waals surface area contributed by atoms with Gasteiger partial charge in [0, 0.05) is 5.02 Å². The summed E-state index contributed by atoms with van der Waals surface area (Å²) in [5, 5.41) is 9.51. The number of nitrogen functional groups attached to an aromatic ring is 1. The van der Waals surface area contributed by atoms with Crippen molar-refractivity contribution < 1.29 is 4.74 Å². The molecule has 0 heterocycles. The van der Waals surface area contributed by atoms with Crippen molar-refractivity contribution >= 4 is 33.2 Å². The molecule has 0 fully saturated rings. The number of halogens is 2. The van der Waals surface area contributed by atoms with Gasteiger partial charge in [-0.15, -0.1) is 0 Å². The number of nitrogens with zero attached hydrogens (tertiary/aromatic N) is 1. The number of nitrogens with two attached hydrogens (primary N) is 1. The van der Waals surface area contributed by atoms with Gasteiger partial charge in [0.2, 0.25) is 0 Å². The second kappa shape index (κ2) is 5.30. The molecule has 18 heavy (non-hydrogen) atoms. The number of para-hydroxylation sites is 1. The molecule has 2 rings (SSSR count). The lowest BCUT2D eigenvalue weighted by Gasteiger charge is -2.11. The predicted molar refractivity (Wildman–Crippen MR) is 74.8 cm³/mol. The number of ether oxygens (including phenoxy) is 1. The van der Waals surface area contributed by atoms with Gasteiger partial charge in [-0.3, -0.25) is 0 Å². The van der Waals surface area contributed by atoms with Crippen molar-refractivity contribution in [1.29, 1.82) is 5.26 Å². The number of anilines is 1. The smallest absolute Gasteiger partial charge is 0.164 e. The third-order valence-corrected chi connectivity index (χ3v) is 3.13. The van der Waals surface area contributed by atoms with Gasteiger partial charge in [0.1, 0.15) is 11.8 Å². The average molecular weight is 324 g/mol. The summed E-state index contributed by atoms with van der Waals surface area (Å²) in [7, 11) is 0. The molecule has 0 aliphatic heterocycles. The summed E-state index contributed by atoms with van der Waals surface area (Å²) in [5.41, 5.74) is 6.67. The Hall–Kier alpha value is -1.70. The lowest BCUT2D eigenvalue weighted by Crippen LogP contribution is -1.94. The molecule has 0 aliphatic rings. The van der Waals surface area contributed by atoms with Crippen LogP contribution in [0.5, 0.6) is 11.5 Å². The summed E-state index contributed by atoms with van der Waals surface area (Å²) in [4.78, 5) is 0. The van der Waals surface area contributed by atoms with Gasteiger partial charge >= 0.3 is 0 Å². The Morgan fingerprint density at radius 1 is 1.28 bits per heavy atom. The van der Waals surface area contributed by atoms with Gasteiger partial charge in [0.15, 0.2) is 5.75 Å². The second-order valence-corrected chi connectivity index (χ2v) is 4.80. The van der Waals surface area contributed by atoms with Gasteiger partial charge in [0.25, 0.3) is 0 Å². The number of rotatable bonds is 2. The topological polar surface area (TPSA) is 59.0 Å². The molecule has 3 nitrogen and oxygen atoms in total. The van der Waals surface area contributed by atoms with Crippen LogP contribution in [0, 0.1) is 11.3 Å². The highest BCUT2D eigenvalue weighted by Gasteiger charge is 2.10. The Morgan fingerprint density at radius 2 is 2.06 bits per heavy atom. The molecule has 0 amide bonds. The van der Waals surface area contributed by atoms with Gasteiger partial charge in [-0.05, 0) is 46.3 Å². The zero-order chi connectivity index (χ0) is 13.1. The van der Waals surface area contributed by atoms with E-state index in [0.29, 0.717) is 27.8 Å². The first-order chi connectivity index (χ1) is 8.61. The van der Waals surface area contributed by atoms with Gasteiger partial charge in [0.05, 0.1) is 15.7 Å². The van der Waals surface area contributed by atoms with E-state index < -0.39 is 0 Å². The van der Waals surface area contributed by atoms with Crippen molar-refractivity contribution in [3.63, 3.8) is 0 Å². The van der Waals surface area contributed by atoms with E-state index in [9.17, 15) is 0 Å². The van der Waals surface area contributed by atoms with E-state index in [-0.39, 0.29) is 0 Å². The third kappa shape index (κ3) is 2.58. The van der Waals surface area contributed by atoms with Crippen molar-refractivity contribution in [3.8, 4) is 17.6 Å². The van der Waals surface area contributed by atoms with E-state index >= 15 is 0 Å². The first-order valence-corrected chi connectivity index (χ1v) is 6.20. The fourth-order valence-corrected chi connectivity index (χ4v) is 2.06. The maximum absolute atomic E-state index is 9.03. The fourth-order valence-electron chi connectivity index (χ4n) is 1.42. The molecule has 0 radical (unpaired) electrons. The third-order valence-electron chi connectivity index (χ3n) is 2.27. The van der Waals surface area contributed by atoms with E-state index in [4.69, 9.17) is 27.3 Å². The van der Waals surface area contributed by atoms with Crippen LogP contribution in [0.25, 0.3) is 0 Å². The highest BCUT2D eigenvalue weighted by Crippen LogP contribution is 2.36. The van der Waals surface area contributed by atoms with E-state index in [1.165, 1.54) is 0 Å². The standard InChI is InChI=1S/C13H8BrClN2O/c14-10-2-1-3-11(17)13(10)18-12-5-4-9(15)6-8(12)7-16/h1-6H,17H2. The zero-order valence-corrected chi connectivity index (χ0v) is 11.5. The Morgan fingerprint density at radius 3 is 2.72 bits per heavy atom. The largest absolute Gasteiger partial charge is 0.453 e. The molecule has 90 valence electrons. The summed E-state index contributed by atoms with van der Waals surface area (Å²) >= 11 is 9.17. The maximum Gasteiger partial charge on any atom is 0.164 e. The minimum Gasteiger partial charge on any atom is -0.453 e. The van der Waals surface area contributed by atoms with Gasteiger partial charge in [-0.2, -0.15) is 5.26 Å². The van der Waals surface area contributed by atoms with Crippen molar-refractivity contribution in [1.82, 2.24) is 0 Å². The molecule has 0 saturated carbocycles. The van der Waals surface area contributed by atoms with Crippen molar-refractivity contribution in [2.75, 3.05) is 5.73 Å².